The molecule has 4 nitrogen and oxygen atoms in total. The van der Waals surface area contributed by atoms with E-state index in [0.29, 0.717) is 18.9 Å². The van der Waals surface area contributed by atoms with Gasteiger partial charge in [-0.15, -0.1) is 11.3 Å². The van der Waals surface area contributed by atoms with Crippen molar-refractivity contribution in [2.24, 2.45) is 5.92 Å². The highest BCUT2D eigenvalue weighted by Crippen LogP contribution is 2.25. The first-order valence-electron chi connectivity index (χ1n) is 7.46. The molecule has 1 aliphatic heterocycles. The minimum absolute atomic E-state index is 0.0412. The Labute approximate surface area is 130 Å². The molecular formula is C16H24N2O2S. The van der Waals surface area contributed by atoms with Crippen LogP contribution in [0.2, 0.25) is 0 Å². The quantitative estimate of drug-likeness (QED) is 0.929. The minimum Gasteiger partial charge on any atom is -0.343 e. The fraction of sp³-hybridized carbons (Fsp3) is 0.625. The second-order valence-corrected chi connectivity index (χ2v) is 7.63. The second kappa shape index (κ2) is 6.18. The van der Waals surface area contributed by atoms with Crippen molar-refractivity contribution in [1.29, 1.82) is 0 Å². The number of carbonyl (C=O) groups is 2. The summed E-state index contributed by atoms with van der Waals surface area (Å²) in [6.45, 7) is 10.6. The van der Waals surface area contributed by atoms with Gasteiger partial charge in [0, 0.05) is 9.75 Å². The predicted octanol–water partition coefficient (Wildman–Crippen LogP) is 2.63. The van der Waals surface area contributed by atoms with Crippen molar-refractivity contribution in [2.75, 3.05) is 0 Å². The Balaban J connectivity index is 2.18. The fourth-order valence-corrected chi connectivity index (χ4v) is 3.68. The number of aryl methyl sites for hydroxylation is 2. The molecule has 2 rings (SSSR count). The molecule has 2 unspecified atom stereocenters. The average Bonchev–Trinajstić information content (AvgIpc) is 2.70. The van der Waals surface area contributed by atoms with Gasteiger partial charge < -0.3 is 10.2 Å². The summed E-state index contributed by atoms with van der Waals surface area (Å²) in [7, 11) is 0. The molecule has 1 aromatic rings. The van der Waals surface area contributed by atoms with Crippen LogP contribution in [0.5, 0.6) is 0 Å². The van der Waals surface area contributed by atoms with Crippen LogP contribution in [0.25, 0.3) is 0 Å². The van der Waals surface area contributed by atoms with E-state index in [1.54, 1.807) is 23.2 Å². The molecule has 5 heteroatoms. The molecule has 0 spiro atoms. The van der Waals surface area contributed by atoms with Crippen molar-refractivity contribution in [3.05, 3.63) is 21.4 Å². The molecule has 1 fully saturated rings. The maximum atomic E-state index is 12.6. The zero-order valence-corrected chi connectivity index (χ0v) is 14.2. The SMILES string of the molecule is Cc1cc(CN2C(=O)C(CC(C)C)NC(=O)C2C)sc1C. The highest BCUT2D eigenvalue weighted by Gasteiger charge is 2.38. The average molecular weight is 308 g/mol. The van der Waals surface area contributed by atoms with Gasteiger partial charge in [0.1, 0.15) is 12.1 Å². The van der Waals surface area contributed by atoms with Crippen LogP contribution in [0.15, 0.2) is 6.07 Å². The number of hydrogen-bond donors (Lipinski definition) is 1. The summed E-state index contributed by atoms with van der Waals surface area (Å²) in [5.41, 5.74) is 1.25. The monoisotopic (exact) mass is 308 g/mol. The van der Waals surface area contributed by atoms with Gasteiger partial charge in [-0.25, -0.2) is 0 Å². The van der Waals surface area contributed by atoms with E-state index in [0.717, 1.165) is 4.88 Å². The van der Waals surface area contributed by atoms with Crippen molar-refractivity contribution in [3.63, 3.8) is 0 Å². The summed E-state index contributed by atoms with van der Waals surface area (Å²) in [5.74, 6) is 0.366. The molecule has 2 heterocycles. The van der Waals surface area contributed by atoms with E-state index < -0.39 is 6.04 Å². The Kier molecular flexibility index (Phi) is 4.71. The standard InChI is InChI=1S/C16H24N2O2S/c1-9(2)6-14-16(20)18(11(4)15(19)17-14)8-13-7-10(3)12(5)21-13/h7,9,11,14H,6,8H2,1-5H3,(H,17,19). The number of hydrogen-bond acceptors (Lipinski definition) is 3. The third-order valence-electron chi connectivity index (χ3n) is 3.99. The highest BCUT2D eigenvalue weighted by molar-refractivity contribution is 7.12. The molecule has 0 bridgehead atoms. The molecule has 2 atom stereocenters. The van der Waals surface area contributed by atoms with E-state index in [9.17, 15) is 9.59 Å². The van der Waals surface area contributed by atoms with Gasteiger partial charge in [-0.2, -0.15) is 0 Å². The normalized spacial score (nSPS) is 22.9. The largest absolute Gasteiger partial charge is 0.343 e. The Morgan fingerprint density at radius 2 is 2.00 bits per heavy atom. The van der Waals surface area contributed by atoms with E-state index >= 15 is 0 Å². The number of amides is 2. The van der Waals surface area contributed by atoms with E-state index in [2.05, 4.69) is 39.1 Å². The first-order valence-corrected chi connectivity index (χ1v) is 8.28. The summed E-state index contributed by atoms with van der Waals surface area (Å²) in [4.78, 5) is 28.9. The van der Waals surface area contributed by atoms with Crippen molar-refractivity contribution >= 4 is 23.2 Å². The molecule has 0 aliphatic carbocycles. The summed E-state index contributed by atoms with van der Waals surface area (Å²) in [6, 6.07) is 1.34. The Bertz CT molecular complexity index is 531. The van der Waals surface area contributed by atoms with Gasteiger partial charge >= 0.3 is 0 Å². The van der Waals surface area contributed by atoms with E-state index in [4.69, 9.17) is 0 Å². The number of nitrogens with one attached hydrogen (secondary N) is 1. The van der Waals surface area contributed by atoms with Crippen molar-refractivity contribution in [2.45, 2.75) is 59.7 Å². The molecule has 0 aromatic carbocycles. The van der Waals surface area contributed by atoms with Crippen LogP contribution in [0.4, 0.5) is 0 Å². The molecule has 0 radical (unpaired) electrons. The van der Waals surface area contributed by atoms with Gasteiger partial charge in [0.05, 0.1) is 6.54 Å². The molecule has 21 heavy (non-hydrogen) atoms. The van der Waals surface area contributed by atoms with E-state index in [1.165, 1.54) is 10.4 Å². The third-order valence-corrected chi connectivity index (χ3v) is 5.13. The molecule has 0 saturated carbocycles. The van der Waals surface area contributed by atoms with Gasteiger partial charge in [0.25, 0.3) is 0 Å². The first-order chi connectivity index (χ1) is 9.79. The Morgan fingerprint density at radius 1 is 1.33 bits per heavy atom. The highest BCUT2D eigenvalue weighted by atomic mass is 32.1. The van der Waals surface area contributed by atoms with Crippen LogP contribution in [-0.4, -0.2) is 28.8 Å². The second-order valence-electron chi connectivity index (χ2n) is 6.28. The van der Waals surface area contributed by atoms with E-state index in [1.807, 2.05) is 0 Å². The lowest BCUT2D eigenvalue weighted by molar-refractivity contribution is -0.149. The maximum absolute atomic E-state index is 12.6. The number of carbonyl (C=O) groups excluding carboxylic acids is 2. The summed E-state index contributed by atoms with van der Waals surface area (Å²) < 4.78 is 0. The number of piperazine rings is 1. The lowest BCUT2D eigenvalue weighted by atomic mass is 9.99. The smallest absolute Gasteiger partial charge is 0.246 e. The Hall–Kier alpha value is -1.36. The lowest BCUT2D eigenvalue weighted by Gasteiger charge is -2.37. The summed E-state index contributed by atoms with van der Waals surface area (Å²) in [5, 5.41) is 2.85. The molecule has 1 aromatic heterocycles. The molecule has 2 amide bonds. The number of nitrogens with zero attached hydrogens (tertiary/aromatic N) is 1. The van der Waals surface area contributed by atoms with Crippen LogP contribution < -0.4 is 5.32 Å². The first kappa shape index (κ1) is 16.0. The van der Waals surface area contributed by atoms with Crippen molar-refractivity contribution in [3.8, 4) is 0 Å². The molecule has 1 N–H and O–H groups in total. The number of thiophene rings is 1. The van der Waals surface area contributed by atoms with Crippen LogP contribution in [0, 0.1) is 19.8 Å². The molecule has 116 valence electrons. The van der Waals surface area contributed by atoms with Crippen LogP contribution in [0.3, 0.4) is 0 Å². The molecule has 1 saturated heterocycles. The molecule has 1 aliphatic rings. The van der Waals surface area contributed by atoms with E-state index in [-0.39, 0.29) is 17.9 Å². The van der Waals surface area contributed by atoms with Gasteiger partial charge in [0.2, 0.25) is 11.8 Å². The zero-order valence-electron chi connectivity index (χ0n) is 13.4. The summed E-state index contributed by atoms with van der Waals surface area (Å²) >= 11 is 1.70. The lowest BCUT2D eigenvalue weighted by Crippen LogP contribution is -2.62. The number of rotatable bonds is 4. The maximum Gasteiger partial charge on any atom is 0.246 e. The topological polar surface area (TPSA) is 49.4 Å². The fourth-order valence-electron chi connectivity index (χ4n) is 2.63. The third kappa shape index (κ3) is 3.46. The van der Waals surface area contributed by atoms with Gasteiger partial charge in [-0.05, 0) is 44.7 Å². The minimum atomic E-state index is -0.399. The van der Waals surface area contributed by atoms with Gasteiger partial charge in [-0.1, -0.05) is 13.8 Å². The van der Waals surface area contributed by atoms with Gasteiger partial charge in [-0.3, -0.25) is 9.59 Å². The van der Waals surface area contributed by atoms with Crippen LogP contribution >= 0.6 is 11.3 Å². The predicted molar refractivity (Wildman–Crippen MR) is 85.2 cm³/mol. The molecular weight excluding hydrogens is 284 g/mol. The zero-order chi connectivity index (χ0) is 15.7. The van der Waals surface area contributed by atoms with Gasteiger partial charge in [0.15, 0.2) is 0 Å². The van der Waals surface area contributed by atoms with Crippen LogP contribution in [-0.2, 0) is 16.1 Å². The summed E-state index contributed by atoms with van der Waals surface area (Å²) in [6.07, 6.45) is 0.691. The van der Waals surface area contributed by atoms with Crippen molar-refractivity contribution in [1.82, 2.24) is 10.2 Å². The Morgan fingerprint density at radius 3 is 2.52 bits per heavy atom. The van der Waals surface area contributed by atoms with Crippen molar-refractivity contribution < 1.29 is 9.59 Å². The van der Waals surface area contributed by atoms with Crippen LogP contribution in [0.1, 0.15) is 42.5 Å².